The summed E-state index contributed by atoms with van der Waals surface area (Å²) in [6.07, 6.45) is 0.614. The quantitative estimate of drug-likeness (QED) is 0.771. The first kappa shape index (κ1) is 15.5. The summed E-state index contributed by atoms with van der Waals surface area (Å²) in [5, 5.41) is 0. The van der Waals surface area contributed by atoms with Gasteiger partial charge in [-0.05, 0) is 12.0 Å². The molecule has 2 amide bonds. The number of hydrogen-bond acceptors (Lipinski definition) is 4. The molecule has 1 aliphatic rings. The topological polar surface area (TPSA) is 98.7 Å². The number of ether oxygens (including phenoxy) is 1. The van der Waals surface area contributed by atoms with Crippen LogP contribution in [0.5, 0.6) is 0 Å². The van der Waals surface area contributed by atoms with Crippen LogP contribution < -0.4 is 11.5 Å². The molecule has 1 heterocycles. The summed E-state index contributed by atoms with van der Waals surface area (Å²) < 4.78 is 5.24. The zero-order chi connectivity index (χ0) is 15.3. The van der Waals surface area contributed by atoms with Crippen molar-refractivity contribution in [2.75, 3.05) is 19.8 Å². The van der Waals surface area contributed by atoms with Gasteiger partial charge in [0.05, 0.1) is 6.61 Å². The van der Waals surface area contributed by atoms with Crippen LogP contribution in [0.4, 0.5) is 0 Å². The van der Waals surface area contributed by atoms with Gasteiger partial charge in [0, 0.05) is 26.1 Å². The second-order valence-corrected chi connectivity index (χ2v) is 5.39. The maximum Gasteiger partial charge on any atom is 0.245 e. The number of primary amides is 1. The zero-order valence-electron chi connectivity index (χ0n) is 12.0. The molecule has 1 fully saturated rings. The second kappa shape index (κ2) is 6.69. The molecule has 2 rings (SSSR count). The monoisotopic (exact) mass is 291 g/mol. The predicted molar refractivity (Wildman–Crippen MR) is 78.0 cm³/mol. The smallest absolute Gasteiger partial charge is 0.245 e. The van der Waals surface area contributed by atoms with Crippen LogP contribution in [0.2, 0.25) is 0 Å². The first-order valence-electron chi connectivity index (χ1n) is 6.99. The Morgan fingerprint density at radius 3 is 2.57 bits per heavy atom. The van der Waals surface area contributed by atoms with Crippen LogP contribution in [-0.2, 0) is 20.9 Å². The molecule has 0 spiro atoms. The average molecular weight is 291 g/mol. The van der Waals surface area contributed by atoms with Crippen LogP contribution in [0, 0.1) is 0 Å². The van der Waals surface area contributed by atoms with Gasteiger partial charge in [-0.1, -0.05) is 30.3 Å². The van der Waals surface area contributed by atoms with Crippen molar-refractivity contribution in [3.05, 3.63) is 35.9 Å². The van der Waals surface area contributed by atoms with Gasteiger partial charge < -0.3 is 21.1 Å². The van der Waals surface area contributed by atoms with Crippen LogP contribution >= 0.6 is 0 Å². The van der Waals surface area contributed by atoms with Crippen molar-refractivity contribution in [1.82, 2.24) is 4.90 Å². The molecule has 0 aromatic heterocycles. The third-order valence-electron chi connectivity index (χ3n) is 3.61. The van der Waals surface area contributed by atoms with Crippen molar-refractivity contribution in [1.29, 1.82) is 0 Å². The molecule has 1 aromatic rings. The molecule has 0 bridgehead atoms. The number of benzene rings is 1. The Hall–Kier alpha value is -1.92. The lowest BCUT2D eigenvalue weighted by atomic mass is 9.97. The summed E-state index contributed by atoms with van der Waals surface area (Å²) in [5.41, 5.74) is 11.3. The summed E-state index contributed by atoms with van der Waals surface area (Å²) in [4.78, 5) is 25.3. The molecule has 6 nitrogen and oxygen atoms in total. The Kier molecular flexibility index (Phi) is 4.93. The van der Waals surface area contributed by atoms with Crippen molar-refractivity contribution >= 4 is 11.8 Å². The minimum atomic E-state index is -0.994. The lowest BCUT2D eigenvalue weighted by Gasteiger charge is -2.30. The van der Waals surface area contributed by atoms with E-state index in [0.29, 0.717) is 19.6 Å². The Bertz CT molecular complexity index is 498. The van der Waals surface area contributed by atoms with Crippen molar-refractivity contribution in [2.45, 2.75) is 24.9 Å². The minimum absolute atomic E-state index is 0.121. The SMILES string of the molecule is NC(=O)CCN(Cc1ccccc1)C(=O)C1(N)CCOC1. The van der Waals surface area contributed by atoms with Crippen LogP contribution in [0.15, 0.2) is 30.3 Å². The standard InChI is InChI=1S/C15H21N3O3/c16-13(19)6-8-18(10-12-4-2-1-3-5-12)14(20)15(17)7-9-21-11-15/h1-5H,6-11,17H2,(H2,16,19). The first-order valence-corrected chi connectivity index (χ1v) is 6.99. The average Bonchev–Trinajstić information content (AvgIpc) is 2.92. The maximum absolute atomic E-state index is 12.7. The molecule has 1 saturated heterocycles. The number of carbonyl (C=O) groups is 2. The van der Waals surface area contributed by atoms with E-state index in [2.05, 4.69) is 0 Å². The molecule has 1 unspecified atom stereocenters. The number of nitrogens with zero attached hydrogens (tertiary/aromatic N) is 1. The molecule has 6 heteroatoms. The molecule has 0 saturated carbocycles. The van der Waals surface area contributed by atoms with Crippen LogP contribution in [-0.4, -0.2) is 42.0 Å². The number of carbonyl (C=O) groups excluding carboxylic acids is 2. The number of hydrogen-bond donors (Lipinski definition) is 2. The Morgan fingerprint density at radius 2 is 2.00 bits per heavy atom. The summed E-state index contributed by atoms with van der Waals surface area (Å²) in [6, 6.07) is 9.58. The third kappa shape index (κ3) is 4.03. The van der Waals surface area contributed by atoms with E-state index in [4.69, 9.17) is 16.2 Å². The van der Waals surface area contributed by atoms with Gasteiger partial charge in [0.1, 0.15) is 5.54 Å². The van der Waals surface area contributed by atoms with Gasteiger partial charge in [-0.2, -0.15) is 0 Å². The predicted octanol–water partition coefficient (Wildman–Crippen LogP) is 0.00840. The van der Waals surface area contributed by atoms with Gasteiger partial charge >= 0.3 is 0 Å². The largest absolute Gasteiger partial charge is 0.379 e. The summed E-state index contributed by atoms with van der Waals surface area (Å²) in [5.74, 6) is -0.625. The van der Waals surface area contributed by atoms with E-state index in [0.717, 1.165) is 5.56 Å². The van der Waals surface area contributed by atoms with E-state index < -0.39 is 11.4 Å². The summed E-state index contributed by atoms with van der Waals surface area (Å²) in [6.45, 7) is 1.37. The normalized spacial score (nSPS) is 21.2. The zero-order valence-corrected chi connectivity index (χ0v) is 12.0. The Balaban J connectivity index is 2.11. The van der Waals surface area contributed by atoms with Gasteiger partial charge in [-0.25, -0.2) is 0 Å². The molecule has 114 valence electrons. The van der Waals surface area contributed by atoms with Gasteiger partial charge in [0.25, 0.3) is 0 Å². The van der Waals surface area contributed by atoms with Gasteiger partial charge in [-0.3, -0.25) is 9.59 Å². The fourth-order valence-electron chi connectivity index (χ4n) is 2.37. The maximum atomic E-state index is 12.7. The lowest BCUT2D eigenvalue weighted by Crippen LogP contribution is -2.56. The summed E-state index contributed by atoms with van der Waals surface area (Å²) >= 11 is 0. The minimum Gasteiger partial charge on any atom is -0.379 e. The van der Waals surface area contributed by atoms with E-state index in [9.17, 15) is 9.59 Å². The van der Waals surface area contributed by atoms with E-state index >= 15 is 0 Å². The second-order valence-electron chi connectivity index (χ2n) is 5.39. The summed E-state index contributed by atoms with van der Waals surface area (Å²) in [7, 11) is 0. The van der Waals surface area contributed by atoms with Crippen LogP contribution in [0.3, 0.4) is 0 Å². The molecule has 4 N–H and O–H groups in total. The molecular formula is C15H21N3O3. The van der Waals surface area contributed by atoms with Crippen LogP contribution in [0.25, 0.3) is 0 Å². The Morgan fingerprint density at radius 1 is 1.29 bits per heavy atom. The number of amides is 2. The van der Waals surface area contributed by atoms with Crippen LogP contribution in [0.1, 0.15) is 18.4 Å². The molecular weight excluding hydrogens is 270 g/mol. The third-order valence-corrected chi connectivity index (χ3v) is 3.61. The Labute approximate surface area is 124 Å². The van der Waals surface area contributed by atoms with E-state index in [1.807, 2.05) is 30.3 Å². The molecule has 0 aliphatic carbocycles. The van der Waals surface area contributed by atoms with Crippen molar-refractivity contribution < 1.29 is 14.3 Å². The highest BCUT2D eigenvalue weighted by Gasteiger charge is 2.41. The van der Waals surface area contributed by atoms with E-state index in [1.165, 1.54) is 0 Å². The van der Waals surface area contributed by atoms with E-state index in [-0.39, 0.29) is 25.5 Å². The molecule has 21 heavy (non-hydrogen) atoms. The number of rotatable bonds is 6. The van der Waals surface area contributed by atoms with Crippen molar-refractivity contribution in [3.8, 4) is 0 Å². The highest BCUT2D eigenvalue weighted by Crippen LogP contribution is 2.20. The van der Waals surface area contributed by atoms with Crippen molar-refractivity contribution in [2.24, 2.45) is 11.5 Å². The molecule has 0 radical (unpaired) electrons. The first-order chi connectivity index (χ1) is 10.0. The molecule has 1 aromatic carbocycles. The van der Waals surface area contributed by atoms with Gasteiger partial charge in [0.15, 0.2) is 0 Å². The fourth-order valence-corrected chi connectivity index (χ4v) is 2.37. The fraction of sp³-hybridized carbons (Fsp3) is 0.467. The van der Waals surface area contributed by atoms with E-state index in [1.54, 1.807) is 4.90 Å². The van der Waals surface area contributed by atoms with Gasteiger partial charge in [0.2, 0.25) is 11.8 Å². The highest BCUT2D eigenvalue weighted by atomic mass is 16.5. The van der Waals surface area contributed by atoms with Gasteiger partial charge in [-0.15, -0.1) is 0 Å². The number of nitrogens with two attached hydrogens (primary N) is 2. The highest BCUT2D eigenvalue weighted by molar-refractivity contribution is 5.87. The lowest BCUT2D eigenvalue weighted by molar-refractivity contribution is -0.138. The molecule has 1 atom stereocenters. The molecule has 1 aliphatic heterocycles. The van der Waals surface area contributed by atoms with Crippen molar-refractivity contribution in [3.63, 3.8) is 0 Å².